The molecular formula is C16H22N2O2. The van der Waals surface area contributed by atoms with E-state index in [9.17, 15) is 4.79 Å². The number of aromatic amines is 1. The Morgan fingerprint density at radius 2 is 2.15 bits per heavy atom. The molecule has 2 aromatic rings. The molecule has 20 heavy (non-hydrogen) atoms. The van der Waals surface area contributed by atoms with E-state index in [4.69, 9.17) is 4.74 Å². The summed E-state index contributed by atoms with van der Waals surface area (Å²) in [7, 11) is 1.67. The zero-order valence-corrected chi connectivity index (χ0v) is 12.4. The topological polar surface area (TPSA) is 54.1 Å². The lowest BCUT2D eigenvalue weighted by Crippen LogP contribution is -2.26. The SMILES string of the molecule is COCCCNC(=O)Cc1c(C)[nH]c2ccc(C)cc12. The Bertz CT molecular complexity index is 602. The van der Waals surface area contributed by atoms with E-state index in [1.165, 1.54) is 5.56 Å². The zero-order chi connectivity index (χ0) is 14.5. The fourth-order valence-corrected chi connectivity index (χ4v) is 2.39. The molecule has 108 valence electrons. The largest absolute Gasteiger partial charge is 0.385 e. The first-order valence-corrected chi connectivity index (χ1v) is 6.95. The minimum absolute atomic E-state index is 0.0617. The van der Waals surface area contributed by atoms with Gasteiger partial charge in [0, 0.05) is 36.9 Å². The molecule has 1 amide bonds. The maximum absolute atomic E-state index is 12.0. The van der Waals surface area contributed by atoms with Crippen LogP contribution >= 0.6 is 0 Å². The summed E-state index contributed by atoms with van der Waals surface area (Å²) in [6, 6.07) is 6.27. The summed E-state index contributed by atoms with van der Waals surface area (Å²) in [5.74, 6) is 0.0617. The van der Waals surface area contributed by atoms with Crippen molar-refractivity contribution in [2.75, 3.05) is 20.3 Å². The fraction of sp³-hybridized carbons (Fsp3) is 0.438. The predicted molar refractivity (Wildman–Crippen MR) is 81.0 cm³/mol. The Labute approximate surface area is 119 Å². The molecule has 0 radical (unpaired) electrons. The number of nitrogens with one attached hydrogen (secondary N) is 2. The number of aromatic nitrogens is 1. The summed E-state index contributed by atoms with van der Waals surface area (Å²) in [4.78, 5) is 15.3. The minimum atomic E-state index is 0.0617. The summed E-state index contributed by atoms with van der Waals surface area (Å²) in [6.45, 7) is 5.41. The first-order chi connectivity index (χ1) is 9.61. The average Bonchev–Trinajstić information content (AvgIpc) is 2.71. The summed E-state index contributed by atoms with van der Waals surface area (Å²) in [5.41, 5.74) is 4.46. The number of aryl methyl sites for hydroxylation is 2. The molecule has 2 rings (SSSR count). The van der Waals surface area contributed by atoms with Crippen LogP contribution < -0.4 is 5.32 Å². The maximum Gasteiger partial charge on any atom is 0.224 e. The molecule has 4 heteroatoms. The van der Waals surface area contributed by atoms with Crippen molar-refractivity contribution in [1.82, 2.24) is 10.3 Å². The van der Waals surface area contributed by atoms with Crippen LogP contribution in [0.3, 0.4) is 0 Å². The van der Waals surface area contributed by atoms with Crippen molar-refractivity contribution < 1.29 is 9.53 Å². The van der Waals surface area contributed by atoms with Gasteiger partial charge in [-0.1, -0.05) is 11.6 Å². The number of carbonyl (C=O) groups excluding carboxylic acids is 1. The molecule has 2 N–H and O–H groups in total. The van der Waals surface area contributed by atoms with Gasteiger partial charge in [-0.2, -0.15) is 0 Å². The molecule has 0 unspecified atom stereocenters. The third kappa shape index (κ3) is 3.39. The van der Waals surface area contributed by atoms with E-state index in [1.54, 1.807) is 7.11 Å². The highest BCUT2D eigenvalue weighted by atomic mass is 16.5. The molecule has 1 aromatic carbocycles. The maximum atomic E-state index is 12.0. The number of methoxy groups -OCH3 is 1. The van der Waals surface area contributed by atoms with Crippen LogP contribution in [0, 0.1) is 13.8 Å². The number of benzene rings is 1. The van der Waals surface area contributed by atoms with Gasteiger partial charge in [-0.15, -0.1) is 0 Å². The highest BCUT2D eigenvalue weighted by Crippen LogP contribution is 2.23. The fourth-order valence-electron chi connectivity index (χ4n) is 2.39. The monoisotopic (exact) mass is 274 g/mol. The lowest BCUT2D eigenvalue weighted by atomic mass is 10.1. The number of amides is 1. The Hall–Kier alpha value is -1.81. The second-order valence-electron chi connectivity index (χ2n) is 5.15. The third-order valence-electron chi connectivity index (χ3n) is 3.46. The van der Waals surface area contributed by atoms with Crippen molar-refractivity contribution in [3.05, 3.63) is 35.0 Å². The van der Waals surface area contributed by atoms with Crippen molar-refractivity contribution in [1.29, 1.82) is 0 Å². The first kappa shape index (κ1) is 14.6. The van der Waals surface area contributed by atoms with Crippen LogP contribution in [-0.2, 0) is 16.0 Å². The van der Waals surface area contributed by atoms with E-state index in [0.29, 0.717) is 19.6 Å². The van der Waals surface area contributed by atoms with E-state index < -0.39 is 0 Å². The van der Waals surface area contributed by atoms with Crippen LogP contribution in [0.25, 0.3) is 10.9 Å². The van der Waals surface area contributed by atoms with Gasteiger partial charge in [0.15, 0.2) is 0 Å². The van der Waals surface area contributed by atoms with Crippen LogP contribution in [0.15, 0.2) is 18.2 Å². The Balaban J connectivity index is 2.07. The second kappa shape index (κ2) is 6.57. The minimum Gasteiger partial charge on any atom is -0.385 e. The number of H-pyrrole nitrogens is 1. The van der Waals surface area contributed by atoms with E-state index in [-0.39, 0.29) is 5.91 Å². The molecule has 0 aliphatic heterocycles. The van der Waals surface area contributed by atoms with Gasteiger partial charge in [-0.25, -0.2) is 0 Å². The third-order valence-corrected chi connectivity index (χ3v) is 3.46. The molecule has 0 fully saturated rings. The molecule has 0 spiro atoms. The van der Waals surface area contributed by atoms with Gasteiger partial charge in [-0.3, -0.25) is 4.79 Å². The van der Waals surface area contributed by atoms with Crippen molar-refractivity contribution in [2.45, 2.75) is 26.7 Å². The Kier molecular flexibility index (Phi) is 4.79. The van der Waals surface area contributed by atoms with Crippen molar-refractivity contribution in [2.24, 2.45) is 0 Å². The van der Waals surface area contributed by atoms with Gasteiger partial charge >= 0.3 is 0 Å². The highest BCUT2D eigenvalue weighted by Gasteiger charge is 2.12. The van der Waals surface area contributed by atoms with Gasteiger partial charge in [0.25, 0.3) is 0 Å². The van der Waals surface area contributed by atoms with Gasteiger partial charge < -0.3 is 15.0 Å². The van der Waals surface area contributed by atoms with E-state index in [1.807, 2.05) is 6.92 Å². The van der Waals surface area contributed by atoms with Crippen LogP contribution in [0.2, 0.25) is 0 Å². The molecule has 4 nitrogen and oxygen atoms in total. The first-order valence-electron chi connectivity index (χ1n) is 6.95. The van der Waals surface area contributed by atoms with Gasteiger partial charge in [0.2, 0.25) is 5.91 Å². The number of rotatable bonds is 6. The number of hydrogen-bond acceptors (Lipinski definition) is 2. The Morgan fingerprint density at radius 1 is 1.35 bits per heavy atom. The number of fused-ring (bicyclic) bond motifs is 1. The van der Waals surface area contributed by atoms with Gasteiger partial charge in [0.1, 0.15) is 0 Å². The molecular weight excluding hydrogens is 252 g/mol. The lowest BCUT2D eigenvalue weighted by molar-refractivity contribution is -0.120. The summed E-state index contributed by atoms with van der Waals surface area (Å²) >= 11 is 0. The van der Waals surface area contributed by atoms with Crippen LogP contribution in [0.1, 0.15) is 23.2 Å². The van der Waals surface area contributed by atoms with Gasteiger partial charge in [-0.05, 0) is 38.0 Å². The summed E-state index contributed by atoms with van der Waals surface area (Å²) < 4.78 is 4.96. The zero-order valence-electron chi connectivity index (χ0n) is 12.4. The quantitative estimate of drug-likeness (QED) is 0.795. The highest BCUT2D eigenvalue weighted by molar-refractivity contribution is 5.90. The van der Waals surface area contributed by atoms with Crippen molar-refractivity contribution >= 4 is 16.8 Å². The van der Waals surface area contributed by atoms with Crippen molar-refractivity contribution in [3.8, 4) is 0 Å². The number of hydrogen-bond donors (Lipinski definition) is 2. The number of carbonyl (C=O) groups is 1. The molecule has 0 aliphatic rings. The van der Waals surface area contributed by atoms with Crippen LogP contribution in [0.5, 0.6) is 0 Å². The molecule has 0 saturated carbocycles. The normalized spacial score (nSPS) is 10.9. The van der Waals surface area contributed by atoms with Crippen LogP contribution in [0.4, 0.5) is 0 Å². The van der Waals surface area contributed by atoms with Crippen LogP contribution in [-0.4, -0.2) is 31.2 Å². The average molecular weight is 274 g/mol. The molecule has 0 bridgehead atoms. The second-order valence-corrected chi connectivity index (χ2v) is 5.15. The number of ether oxygens (including phenoxy) is 1. The molecule has 0 atom stereocenters. The van der Waals surface area contributed by atoms with E-state index >= 15 is 0 Å². The summed E-state index contributed by atoms with van der Waals surface area (Å²) in [6.07, 6.45) is 1.26. The lowest BCUT2D eigenvalue weighted by Gasteiger charge is -2.05. The van der Waals surface area contributed by atoms with Crippen molar-refractivity contribution in [3.63, 3.8) is 0 Å². The molecule has 0 saturated heterocycles. The predicted octanol–water partition coefficient (Wildman–Crippen LogP) is 2.48. The molecule has 1 heterocycles. The Morgan fingerprint density at radius 3 is 2.90 bits per heavy atom. The smallest absolute Gasteiger partial charge is 0.224 e. The molecule has 0 aliphatic carbocycles. The summed E-state index contributed by atoms with van der Waals surface area (Å²) in [5, 5.41) is 4.08. The van der Waals surface area contributed by atoms with Gasteiger partial charge in [0.05, 0.1) is 6.42 Å². The molecule has 1 aromatic heterocycles. The van der Waals surface area contributed by atoms with E-state index in [2.05, 4.69) is 35.4 Å². The standard InChI is InChI=1S/C16H22N2O2/c1-11-5-6-15-14(9-11)13(12(2)18-15)10-16(19)17-7-4-8-20-3/h5-6,9,18H,4,7-8,10H2,1-3H3,(H,17,19). The van der Waals surface area contributed by atoms with E-state index in [0.717, 1.165) is 28.6 Å².